The first-order valence-electron chi connectivity index (χ1n) is 11.1. The average molecular weight is 553 g/mol. The number of non-ortho nitro benzene ring substituents is 1. The Morgan fingerprint density at radius 3 is 2.53 bits per heavy atom. The lowest BCUT2D eigenvalue weighted by Gasteiger charge is -2.30. The van der Waals surface area contributed by atoms with Crippen LogP contribution in [0.4, 0.5) is 11.4 Å². The third-order valence-electron chi connectivity index (χ3n) is 6.95. The van der Waals surface area contributed by atoms with Gasteiger partial charge >= 0.3 is 0 Å². The lowest BCUT2D eigenvalue weighted by atomic mass is 9.79. The number of halogens is 1. The molecule has 0 unspecified atom stereocenters. The SMILES string of the molecule is CN1C[C@H](c2cc(Br)ccc2OCc2ccc([N+](=O)[O-])cc2)[C@H]([N+](=O)[O-])[C@]12C(=O)Nc1ccccc12. The van der Waals surface area contributed by atoms with Crippen molar-refractivity contribution in [2.45, 2.75) is 24.1 Å². The van der Waals surface area contributed by atoms with Crippen molar-refractivity contribution in [1.29, 1.82) is 0 Å². The fourth-order valence-electron chi connectivity index (χ4n) is 5.38. The van der Waals surface area contributed by atoms with Crippen LogP contribution in [-0.4, -0.2) is 40.3 Å². The van der Waals surface area contributed by atoms with Gasteiger partial charge in [-0.3, -0.25) is 29.9 Å². The molecule has 2 aliphatic heterocycles. The number of carbonyl (C=O) groups is 1. The van der Waals surface area contributed by atoms with E-state index in [1.54, 1.807) is 66.5 Å². The summed E-state index contributed by atoms with van der Waals surface area (Å²) >= 11 is 3.46. The van der Waals surface area contributed by atoms with Crippen molar-refractivity contribution in [1.82, 2.24) is 4.90 Å². The summed E-state index contributed by atoms with van der Waals surface area (Å²) in [4.78, 5) is 37.8. The summed E-state index contributed by atoms with van der Waals surface area (Å²) in [5.74, 6) is -0.615. The molecule has 184 valence electrons. The zero-order chi connectivity index (χ0) is 25.6. The van der Waals surface area contributed by atoms with Gasteiger partial charge in [-0.1, -0.05) is 34.1 Å². The van der Waals surface area contributed by atoms with E-state index in [9.17, 15) is 25.0 Å². The normalized spacial score (nSPS) is 22.9. The summed E-state index contributed by atoms with van der Waals surface area (Å²) in [6.45, 7) is 0.379. The molecule has 1 amide bonds. The fraction of sp³-hybridized carbons (Fsp3) is 0.240. The zero-order valence-corrected chi connectivity index (χ0v) is 20.7. The van der Waals surface area contributed by atoms with Crippen LogP contribution in [0.1, 0.15) is 22.6 Å². The van der Waals surface area contributed by atoms with E-state index in [0.29, 0.717) is 28.1 Å². The number of anilines is 1. The Labute approximate surface area is 214 Å². The molecule has 3 aromatic rings. The minimum Gasteiger partial charge on any atom is -0.489 e. The monoisotopic (exact) mass is 552 g/mol. The number of para-hydroxylation sites is 1. The smallest absolute Gasteiger partial charge is 0.269 e. The van der Waals surface area contributed by atoms with E-state index in [2.05, 4.69) is 21.2 Å². The maximum absolute atomic E-state index is 13.3. The summed E-state index contributed by atoms with van der Waals surface area (Å²) in [6.07, 6.45) is 0. The van der Waals surface area contributed by atoms with Gasteiger partial charge in [0.25, 0.3) is 17.6 Å². The minimum atomic E-state index is -1.46. The number of nitrogens with zero attached hydrogens (tertiary/aromatic N) is 3. The van der Waals surface area contributed by atoms with Gasteiger partial charge in [0.2, 0.25) is 0 Å². The highest BCUT2D eigenvalue weighted by molar-refractivity contribution is 9.10. The summed E-state index contributed by atoms with van der Waals surface area (Å²) in [6, 6.07) is 17.1. The molecular formula is C25H21BrN4O6. The van der Waals surface area contributed by atoms with Gasteiger partial charge < -0.3 is 10.1 Å². The molecule has 3 aromatic carbocycles. The first kappa shape index (κ1) is 23.9. The van der Waals surface area contributed by atoms with Gasteiger partial charge in [0.1, 0.15) is 12.4 Å². The summed E-state index contributed by atoms with van der Waals surface area (Å²) in [5.41, 5.74) is 1.00. The van der Waals surface area contributed by atoms with Crippen LogP contribution in [0.25, 0.3) is 0 Å². The van der Waals surface area contributed by atoms with Crippen molar-refractivity contribution in [2.24, 2.45) is 0 Å². The van der Waals surface area contributed by atoms with E-state index in [4.69, 9.17) is 4.74 Å². The van der Waals surface area contributed by atoms with Crippen molar-refractivity contribution in [3.05, 3.63) is 108 Å². The van der Waals surface area contributed by atoms with Crippen LogP contribution >= 0.6 is 15.9 Å². The topological polar surface area (TPSA) is 128 Å². The van der Waals surface area contributed by atoms with Crippen LogP contribution in [-0.2, 0) is 16.9 Å². The van der Waals surface area contributed by atoms with Crippen LogP contribution in [0.3, 0.4) is 0 Å². The molecule has 0 saturated carbocycles. The predicted octanol–water partition coefficient (Wildman–Crippen LogP) is 4.46. The summed E-state index contributed by atoms with van der Waals surface area (Å²) < 4.78 is 6.79. The molecule has 1 N–H and O–H groups in total. The molecule has 0 bridgehead atoms. The van der Waals surface area contributed by atoms with Gasteiger partial charge in [-0.2, -0.15) is 0 Å². The Kier molecular flexibility index (Phi) is 5.97. The Morgan fingerprint density at radius 2 is 1.83 bits per heavy atom. The van der Waals surface area contributed by atoms with Crippen LogP contribution in [0.5, 0.6) is 5.75 Å². The minimum absolute atomic E-state index is 0.0219. The Morgan fingerprint density at radius 1 is 1.11 bits per heavy atom. The molecular weight excluding hydrogens is 532 g/mol. The van der Waals surface area contributed by atoms with E-state index >= 15 is 0 Å². The molecule has 10 nitrogen and oxygen atoms in total. The number of ether oxygens (including phenoxy) is 1. The standard InChI is InChI=1S/C25H21BrN4O6/c1-28-13-19(23(30(34)35)25(28)20-4-2-3-5-21(20)27-24(25)31)18-12-16(26)8-11-22(18)36-14-15-6-9-17(10-7-15)29(32)33/h2-12,19,23H,13-14H2,1H3,(H,27,31)/t19-,23+,25-/m1/s1. The number of hydrogen-bond donors (Lipinski definition) is 1. The third-order valence-corrected chi connectivity index (χ3v) is 7.45. The third kappa shape index (κ3) is 3.71. The Bertz CT molecular complexity index is 1380. The largest absolute Gasteiger partial charge is 0.489 e. The van der Waals surface area contributed by atoms with Gasteiger partial charge in [-0.05, 0) is 49.0 Å². The summed E-state index contributed by atoms with van der Waals surface area (Å²) in [7, 11) is 1.73. The van der Waals surface area contributed by atoms with Crippen LogP contribution in [0.15, 0.2) is 71.2 Å². The van der Waals surface area contributed by atoms with Gasteiger partial charge in [0.15, 0.2) is 5.54 Å². The maximum Gasteiger partial charge on any atom is 0.269 e. The number of carbonyl (C=O) groups excluding carboxylic acids is 1. The molecule has 36 heavy (non-hydrogen) atoms. The first-order valence-corrected chi connectivity index (χ1v) is 11.9. The Hall–Kier alpha value is -3.83. The quantitative estimate of drug-likeness (QED) is 0.353. The van der Waals surface area contributed by atoms with Crippen molar-refractivity contribution in [3.63, 3.8) is 0 Å². The molecule has 1 spiro atoms. The maximum atomic E-state index is 13.3. The summed E-state index contributed by atoms with van der Waals surface area (Å²) in [5, 5.41) is 26.3. The molecule has 0 aromatic heterocycles. The van der Waals surface area contributed by atoms with Crippen LogP contribution in [0.2, 0.25) is 0 Å². The van der Waals surface area contributed by atoms with E-state index in [-0.39, 0.29) is 23.8 Å². The zero-order valence-electron chi connectivity index (χ0n) is 19.1. The number of nitro groups is 2. The highest BCUT2D eigenvalue weighted by Crippen LogP contribution is 2.53. The number of benzene rings is 3. The van der Waals surface area contributed by atoms with Crippen molar-refractivity contribution in [3.8, 4) is 5.75 Å². The van der Waals surface area contributed by atoms with Crippen molar-refractivity contribution < 1.29 is 19.4 Å². The molecule has 5 rings (SSSR count). The van der Waals surface area contributed by atoms with E-state index in [1.807, 2.05) is 0 Å². The number of nitro benzene ring substituents is 1. The first-order chi connectivity index (χ1) is 17.2. The van der Waals surface area contributed by atoms with Crippen molar-refractivity contribution in [2.75, 3.05) is 18.9 Å². The highest BCUT2D eigenvalue weighted by atomic mass is 79.9. The van der Waals surface area contributed by atoms with Gasteiger partial charge in [0, 0.05) is 44.9 Å². The fourth-order valence-corrected chi connectivity index (χ4v) is 5.76. The lowest BCUT2D eigenvalue weighted by Crippen LogP contribution is -2.54. The van der Waals surface area contributed by atoms with E-state index in [0.717, 1.165) is 4.47 Å². The number of nitrogens with one attached hydrogen (secondary N) is 1. The highest BCUT2D eigenvalue weighted by Gasteiger charge is 2.68. The number of likely N-dealkylation sites (N-methyl/N-ethyl adjacent to an activating group) is 1. The van der Waals surface area contributed by atoms with Crippen LogP contribution < -0.4 is 10.1 Å². The second-order valence-corrected chi connectivity index (χ2v) is 9.79. The van der Waals surface area contributed by atoms with Crippen LogP contribution in [0, 0.1) is 20.2 Å². The molecule has 1 fully saturated rings. The second kappa shape index (κ2) is 8.99. The van der Waals surface area contributed by atoms with Gasteiger partial charge in [-0.15, -0.1) is 0 Å². The number of likely N-dealkylation sites (tertiary alicyclic amines) is 1. The Balaban J connectivity index is 1.52. The average Bonchev–Trinajstić information content (AvgIpc) is 3.33. The second-order valence-electron chi connectivity index (χ2n) is 8.88. The van der Waals surface area contributed by atoms with E-state index in [1.165, 1.54) is 12.1 Å². The number of hydrogen-bond acceptors (Lipinski definition) is 7. The molecule has 0 aliphatic carbocycles. The molecule has 11 heteroatoms. The number of fused-ring (bicyclic) bond motifs is 2. The van der Waals surface area contributed by atoms with Gasteiger partial charge in [-0.25, -0.2) is 0 Å². The molecule has 3 atom stereocenters. The number of rotatable bonds is 6. The van der Waals surface area contributed by atoms with E-state index < -0.39 is 28.3 Å². The molecule has 2 heterocycles. The van der Waals surface area contributed by atoms with Gasteiger partial charge in [0.05, 0.1) is 10.8 Å². The lowest BCUT2D eigenvalue weighted by molar-refractivity contribution is -0.534. The molecule has 2 aliphatic rings. The molecule has 0 radical (unpaired) electrons. The number of amides is 1. The molecule has 1 saturated heterocycles. The predicted molar refractivity (Wildman–Crippen MR) is 134 cm³/mol. The van der Waals surface area contributed by atoms with Crippen molar-refractivity contribution >= 4 is 33.2 Å².